The normalized spacial score (nSPS) is 18.2. The highest BCUT2D eigenvalue weighted by molar-refractivity contribution is 6.06. The van der Waals surface area contributed by atoms with E-state index in [1.165, 1.54) is 0 Å². The number of nitriles is 6. The number of fused-ring (bicyclic) bond motifs is 1. The van der Waals surface area contributed by atoms with E-state index >= 15 is 0 Å². The predicted molar refractivity (Wildman–Crippen MR) is 141 cm³/mol. The molecule has 6 heteroatoms. The minimum atomic E-state index is -0.418. The van der Waals surface area contributed by atoms with Crippen LogP contribution in [0.25, 0.3) is 11.1 Å². The Morgan fingerprint density at radius 3 is 2.24 bits per heavy atom. The lowest BCUT2D eigenvalue weighted by molar-refractivity contribution is 0.803. The van der Waals surface area contributed by atoms with Gasteiger partial charge in [0.2, 0.25) is 0 Å². The van der Waals surface area contributed by atoms with Gasteiger partial charge in [0.1, 0.15) is 29.8 Å². The molecule has 0 radical (unpaired) electrons. The van der Waals surface area contributed by atoms with Crippen LogP contribution in [0.3, 0.4) is 0 Å². The fourth-order valence-corrected chi connectivity index (χ4v) is 5.15. The first-order chi connectivity index (χ1) is 18.4. The van der Waals surface area contributed by atoms with Gasteiger partial charge >= 0.3 is 0 Å². The van der Waals surface area contributed by atoms with E-state index in [4.69, 9.17) is 0 Å². The number of allylic oxidation sites excluding steroid dienone is 15. The summed E-state index contributed by atoms with van der Waals surface area (Å²) < 4.78 is 0. The van der Waals surface area contributed by atoms with Gasteiger partial charge in [0.25, 0.3) is 0 Å². The van der Waals surface area contributed by atoms with Crippen molar-refractivity contribution in [3.8, 4) is 36.4 Å². The summed E-state index contributed by atoms with van der Waals surface area (Å²) in [5.74, 6) is -0.418. The molecule has 1 aromatic carbocycles. The monoisotopic (exact) mass is 486 g/mol. The van der Waals surface area contributed by atoms with Crippen molar-refractivity contribution in [2.45, 2.75) is 20.3 Å². The van der Waals surface area contributed by atoms with Crippen molar-refractivity contribution >= 4 is 11.1 Å². The Bertz CT molecular complexity index is 1800. The maximum Gasteiger partial charge on any atom is 0.138 e. The third-order valence-corrected chi connectivity index (χ3v) is 6.84. The SMILES string of the molecule is C=C1C(/C(C)=C/C(=C\C)C2=C(C#N)C3=C(C=CC(C#N)C3)C2=C(C#N)C#N)=C(C#N)c2cc(C#N)ccc21. The Labute approximate surface area is 221 Å². The van der Waals surface area contributed by atoms with Gasteiger partial charge in [-0.25, -0.2) is 0 Å². The van der Waals surface area contributed by atoms with Gasteiger partial charge in [-0.1, -0.05) is 36.9 Å². The first-order valence-electron chi connectivity index (χ1n) is 11.6. The number of benzene rings is 1. The highest BCUT2D eigenvalue weighted by Gasteiger charge is 2.35. The highest BCUT2D eigenvalue weighted by Crippen LogP contribution is 2.48. The molecule has 0 amide bonds. The Morgan fingerprint density at radius 1 is 0.947 bits per heavy atom. The van der Waals surface area contributed by atoms with Crippen LogP contribution in [0.2, 0.25) is 0 Å². The Hall–Kier alpha value is -5.92. The molecule has 0 saturated carbocycles. The Kier molecular flexibility index (Phi) is 6.61. The molecule has 6 nitrogen and oxygen atoms in total. The molecule has 0 bridgehead atoms. The quantitative estimate of drug-likeness (QED) is 0.361. The van der Waals surface area contributed by atoms with Crippen molar-refractivity contribution in [3.63, 3.8) is 0 Å². The molecular formula is C32H18N6. The van der Waals surface area contributed by atoms with E-state index in [2.05, 4.69) is 30.9 Å². The molecule has 3 aliphatic carbocycles. The number of rotatable bonds is 3. The maximum absolute atomic E-state index is 10.2. The number of hydrogen-bond donors (Lipinski definition) is 0. The van der Waals surface area contributed by atoms with Crippen LogP contribution >= 0.6 is 0 Å². The summed E-state index contributed by atoms with van der Waals surface area (Å²) in [6.45, 7) is 7.82. The van der Waals surface area contributed by atoms with E-state index in [1.807, 2.05) is 25.1 Å². The number of hydrogen-bond acceptors (Lipinski definition) is 6. The van der Waals surface area contributed by atoms with E-state index < -0.39 is 5.92 Å². The molecule has 0 aliphatic heterocycles. The lowest BCUT2D eigenvalue weighted by Crippen LogP contribution is -2.03. The van der Waals surface area contributed by atoms with Gasteiger partial charge < -0.3 is 0 Å². The molecule has 3 aliphatic rings. The van der Waals surface area contributed by atoms with Gasteiger partial charge in [-0.2, -0.15) is 31.6 Å². The molecule has 0 N–H and O–H groups in total. The summed E-state index contributed by atoms with van der Waals surface area (Å²) >= 11 is 0. The summed E-state index contributed by atoms with van der Waals surface area (Å²) in [6.07, 6.45) is 7.34. The lowest BCUT2D eigenvalue weighted by atomic mass is 9.87. The minimum absolute atomic E-state index is 0.123. The van der Waals surface area contributed by atoms with E-state index in [0.717, 1.165) is 5.56 Å². The minimum Gasteiger partial charge on any atom is -0.198 e. The zero-order chi connectivity index (χ0) is 27.6. The summed E-state index contributed by atoms with van der Waals surface area (Å²) in [5, 5.41) is 58.5. The Morgan fingerprint density at radius 2 is 1.66 bits per heavy atom. The van der Waals surface area contributed by atoms with Crippen LogP contribution in [0.1, 0.15) is 37.0 Å². The molecule has 1 atom stereocenters. The summed E-state index contributed by atoms with van der Waals surface area (Å²) in [7, 11) is 0. The molecular weight excluding hydrogens is 468 g/mol. The van der Waals surface area contributed by atoms with Gasteiger partial charge in [0, 0.05) is 22.3 Å². The number of nitrogens with zero attached hydrogens (tertiary/aromatic N) is 6. The van der Waals surface area contributed by atoms with Crippen molar-refractivity contribution in [1.29, 1.82) is 31.6 Å². The molecule has 0 saturated heterocycles. The van der Waals surface area contributed by atoms with Crippen LogP contribution in [-0.2, 0) is 0 Å². The first kappa shape index (κ1) is 25.2. The molecule has 4 rings (SSSR count). The van der Waals surface area contributed by atoms with Crippen LogP contribution < -0.4 is 0 Å². The maximum atomic E-state index is 10.2. The molecule has 0 spiro atoms. The van der Waals surface area contributed by atoms with Gasteiger partial charge in [-0.05, 0) is 65.8 Å². The fraction of sp³-hybridized carbons (Fsp3) is 0.125. The highest BCUT2D eigenvalue weighted by atomic mass is 14.4. The zero-order valence-corrected chi connectivity index (χ0v) is 20.7. The molecule has 38 heavy (non-hydrogen) atoms. The summed E-state index contributed by atoms with van der Waals surface area (Å²) in [5.41, 5.74) is 7.07. The summed E-state index contributed by atoms with van der Waals surface area (Å²) in [4.78, 5) is 0. The van der Waals surface area contributed by atoms with Gasteiger partial charge in [0.15, 0.2) is 0 Å². The molecule has 1 aromatic rings. The van der Waals surface area contributed by atoms with Crippen LogP contribution in [-0.4, -0.2) is 0 Å². The van der Waals surface area contributed by atoms with Crippen LogP contribution in [0.4, 0.5) is 0 Å². The van der Waals surface area contributed by atoms with Gasteiger partial charge in [0.05, 0.1) is 34.8 Å². The van der Waals surface area contributed by atoms with Crippen molar-refractivity contribution in [1.82, 2.24) is 0 Å². The molecule has 0 aromatic heterocycles. The van der Waals surface area contributed by atoms with Crippen molar-refractivity contribution in [2.24, 2.45) is 5.92 Å². The third kappa shape index (κ3) is 3.78. The van der Waals surface area contributed by atoms with Crippen molar-refractivity contribution < 1.29 is 0 Å². The summed E-state index contributed by atoms with van der Waals surface area (Å²) in [6, 6.07) is 17.9. The van der Waals surface area contributed by atoms with Crippen molar-refractivity contribution in [3.05, 3.63) is 116 Å². The Balaban J connectivity index is 1.93. The molecule has 176 valence electrons. The topological polar surface area (TPSA) is 143 Å². The molecule has 0 heterocycles. The average Bonchev–Trinajstić information content (AvgIpc) is 3.42. The smallest absolute Gasteiger partial charge is 0.138 e. The predicted octanol–water partition coefficient (Wildman–Crippen LogP) is 6.33. The van der Waals surface area contributed by atoms with E-state index in [1.54, 1.807) is 43.4 Å². The standard InChI is InChI=1S/C32H18N6/c1-4-22(9-18(2)30-19(3)24-7-5-20(12-33)10-26(24)28(30)16-37)31-29(17-38)27-11-21(13-34)6-8-25(27)32(31)23(14-35)15-36/h4-10,21H,3,11H2,1-2H3/b18-9+,22-4+. The third-order valence-electron chi connectivity index (χ3n) is 6.84. The second-order valence-corrected chi connectivity index (χ2v) is 8.81. The van der Waals surface area contributed by atoms with Gasteiger partial charge in [-0.3, -0.25) is 0 Å². The lowest BCUT2D eigenvalue weighted by Gasteiger charge is -2.14. The second kappa shape index (κ2) is 9.98. The van der Waals surface area contributed by atoms with E-state index in [-0.39, 0.29) is 5.57 Å². The first-order valence-corrected chi connectivity index (χ1v) is 11.6. The largest absolute Gasteiger partial charge is 0.198 e. The van der Waals surface area contributed by atoms with E-state index in [0.29, 0.717) is 73.3 Å². The average molecular weight is 487 g/mol. The van der Waals surface area contributed by atoms with E-state index in [9.17, 15) is 31.6 Å². The van der Waals surface area contributed by atoms with Crippen LogP contribution in [0.15, 0.2) is 99.2 Å². The molecule has 0 fully saturated rings. The van der Waals surface area contributed by atoms with Crippen LogP contribution in [0, 0.1) is 73.9 Å². The second-order valence-electron chi connectivity index (χ2n) is 8.81. The zero-order valence-electron chi connectivity index (χ0n) is 20.7. The van der Waals surface area contributed by atoms with Crippen molar-refractivity contribution in [2.75, 3.05) is 0 Å². The molecule has 1 unspecified atom stereocenters. The van der Waals surface area contributed by atoms with Gasteiger partial charge in [-0.15, -0.1) is 0 Å². The van der Waals surface area contributed by atoms with Crippen LogP contribution in [0.5, 0.6) is 0 Å². The fourth-order valence-electron chi connectivity index (χ4n) is 5.15.